The van der Waals surface area contributed by atoms with Crippen LogP contribution in [0.25, 0.3) is 0 Å². The first-order valence-corrected chi connectivity index (χ1v) is 4.67. The Hall–Kier alpha value is -1.29. The molecule has 2 atom stereocenters. The second-order valence-corrected chi connectivity index (χ2v) is 3.68. The third kappa shape index (κ3) is 1.42. The van der Waals surface area contributed by atoms with Crippen molar-refractivity contribution in [2.24, 2.45) is 5.92 Å². The quantitative estimate of drug-likeness (QED) is 0.738. The van der Waals surface area contributed by atoms with Gasteiger partial charge in [-0.1, -0.05) is 0 Å². The standard InChI is InChI=1S/C10H13NO3/c1-6-2-3-14-9(6)7-4-11-5-8(7)10(12)13/h2-3,7-8,11H,4-5H2,1H3,(H,12,13). The van der Waals surface area contributed by atoms with Gasteiger partial charge in [0.05, 0.1) is 12.2 Å². The van der Waals surface area contributed by atoms with E-state index in [4.69, 9.17) is 9.52 Å². The smallest absolute Gasteiger partial charge is 0.308 e. The van der Waals surface area contributed by atoms with Crippen LogP contribution in [-0.2, 0) is 4.79 Å². The van der Waals surface area contributed by atoms with E-state index in [2.05, 4.69) is 5.32 Å². The van der Waals surface area contributed by atoms with E-state index < -0.39 is 5.97 Å². The molecule has 0 saturated carbocycles. The first-order chi connectivity index (χ1) is 6.70. The fourth-order valence-corrected chi connectivity index (χ4v) is 1.98. The zero-order chi connectivity index (χ0) is 10.1. The SMILES string of the molecule is Cc1ccoc1C1CNCC1C(=O)O. The van der Waals surface area contributed by atoms with Crippen LogP contribution >= 0.6 is 0 Å². The van der Waals surface area contributed by atoms with Crippen LogP contribution in [0, 0.1) is 12.8 Å². The minimum absolute atomic E-state index is 0.0255. The van der Waals surface area contributed by atoms with Gasteiger partial charge < -0.3 is 14.8 Å². The Bertz CT molecular complexity index is 345. The van der Waals surface area contributed by atoms with Crippen molar-refractivity contribution in [3.63, 3.8) is 0 Å². The van der Waals surface area contributed by atoms with Crippen molar-refractivity contribution < 1.29 is 14.3 Å². The molecule has 4 heteroatoms. The van der Waals surface area contributed by atoms with Gasteiger partial charge in [-0.3, -0.25) is 4.79 Å². The van der Waals surface area contributed by atoms with E-state index in [9.17, 15) is 4.79 Å². The molecule has 1 aliphatic rings. The third-order valence-electron chi connectivity index (χ3n) is 2.77. The lowest BCUT2D eigenvalue weighted by molar-refractivity contribution is -0.141. The molecule has 0 bridgehead atoms. The molecular weight excluding hydrogens is 182 g/mol. The molecule has 1 fully saturated rings. The Morgan fingerprint density at radius 1 is 1.64 bits per heavy atom. The third-order valence-corrected chi connectivity index (χ3v) is 2.77. The Balaban J connectivity index is 2.26. The van der Waals surface area contributed by atoms with Crippen LogP contribution < -0.4 is 5.32 Å². The summed E-state index contributed by atoms with van der Waals surface area (Å²) < 4.78 is 5.33. The van der Waals surface area contributed by atoms with Crippen molar-refractivity contribution in [3.05, 3.63) is 23.7 Å². The molecule has 14 heavy (non-hydrogen) atoms. The van der Waals surface area contributed by atoms with Gasteiger partial charge >= 0.3 is 5.97 Å². The average Bonchev–Trinajstić information content (AvgIpc) is 2.70. The Labute approximate surface area is 81.9 Å². The second-order valence-electron chi connectivity index (χ2n) is 3.68. The molecule has 0 spiro atoms. The fourth-order valence-electron chi connectivity index (χ4n) is 1.98. The first kappa shape index (κ1) is 9.27. The average molecular weight is 195 g/mol. The summed E-state index contributed by atoms with van der Waals surface area (Å²) in [4.78, 5) is 10.9. The molecule has 0 amide bonds. The monoisotopic (exact) mass is 195 g/mol. The van der Waals surface area contributed by atoms with Gasteiger partial charge in [0.1, 0.15) is 5.76 Å². The van der Waals surface area contributed by atoms with E-state index in [0.717, 1.165) is 11.3 Å². The molecule has 2 N–H and O–H groups in total. The Morgan fingerprint density at radius 3 is 3.00 bits per heavy atom. The molecule has 2 unspecified atom stereocenters. The van der Waals surface area contributed by atoms with E-state index >= 15 is 0 Å². The molecular formula is C10H13NO3. The maximum Gasteiger partial charge on any atom is 0.308 e. The molecule has 0 aliphatic carbocycles. The van der Waals surface area contributed by atoms with Crippen LogP contribution in [0.1, 0.15) is 17.2 Å². The minimum Gasteiger partial charge on any atom is -0.481 e. The van der Waals surface area contributed by atoms with E-state index in [1.54, 1.807) is 6.26 Å². The number of aliphatic carboxylic acids is 1. The van der Waals surface area contributed by atoms with Crippen LogP contribution in [0.4, 0.5) is 0 Å². The van der Waals surface area contributed by atoms with E-state index in [-0.39, 0.29) is 11.8 Å². The first-order valence-electron chi connectivity index (χ1n) is 4.67. The van der Waals surface area contributed by atoms with Crippen molar-refractivity contribution in [1.82, 2.24) is 5.32 Å². The summed E-state index contributed by atoms with van der Waals surface area (Å²) in [5.74, 6) is -0.333. The van der Waals surface area contributed by atoms with Gasteiger partial charge in [0.15, 0.2) is 0 Å². The van der Waals surface area contributed by atoms with Gasteiger partial charge in [0.2, 0.25) is 0 Å². The molecule has 0 aromatic carbocycles. The largest absolute Gasteiger partial charge is 0.481 e. The lowest BCUT2D eigenvalue weighted by Gasteiger charge is -2.12. The second kappa shape index (κ2) is 3.46. The summed E-state index contributed by atoms with van der Waals surface area (Å²) in [6, 6.07) is 1.87. The normalized spacial score (nSPS) is 26.6. The zero-order valence-corrected chi connectivity index (χ0v) is 7.99. The highest BCUT2D eigenvalue weighted by atomic mass is 16.4. The maximum atomic E-state index is 10.9. The van der Waals surface area contributed by atoms with Crippen molar-refractivity contribution >= 4 is 5.97 Å². The molecule has 2 rings (SSSR count). The lowest BCUT2D eigenvalue weighted by Crippen LogP contribution is -2.21. The van der Waals surface area contributed by atoms with Crippen LogP contribution in [0.15, 0.2) is 16.7 Å². The Morgan fingerprint density at radius 2 is 2.43 bits per heavy atom. The summed E-state index contributed by atoms with van der Waals surface area (Å²) in [6.45, 7) is 3.15. The van der Waals surface area contributed by atoms with Crippen LogP contribution in [0.3, 0.4) is 0 Å². The number of rotatable bonds is 2. The van der Waals surface area contributed by atoms with Gasteiger partial charge in [-0.25, -0.2) is 0 Å². The van der Waals surface area contributed by atoms with Crippen LogP contribution in [0.2, 0.25) is 0 Å². The maximum absolute atomic E-state index is 10.9. The topological polar surface area (TPSA) is 62.5 Å². The summed E-state index contributed by atoms with van der Waals surface area (Å²) in [5, 5.41) is 12.1. The number of nitrogens with one attached hydrogen (secondary N) is 1. The highest BCUT2D eigenvalue weighted by Crippen LogP contribution is 2.30. The molecule has 1 aliphatic heterocycles. The molecule has 4 nitrogen and oxygen atoms in total. The van der Waals surface area contributed by atoms with Crippen molar-refractivity contribution in [2.75, 3.05) is 13.1 Å². The number of aryl methyl sites for hydroxylation is 1. The molecule has 1 saturated heterocycles. The minimum atomic E-state index is -0.754. The van der Waals surface area contributed by atoms with Gasteiger partial charge in [-0.2, -0.15) is 0 Å². The highest BCUT2D eigenvalue weighted by molar-refractivity contribution is 5.72. The molecule has 2 heterocycles. The number of carbonyl (C=O) groups is 1. The number of carboxylic acids is 1. The summed E-state index contributed by atoms with van der Waals surface area (Å²) in [5.41, 5.74) is 1.03. The molecule has 76 valence electrons. The van der Waals surface area contributed by atoms with Crippen LogP contribution in [0.5, 0.6) is 0 Å². The van der Waals surface area contributed by atoms with Crippen molar-refractivity contribution in [3.8, 4) is 0 Å². The number of carboxylic acid groups (broad SMARTS) is 1. The number of hydrogen-bond acceptors (Lipinski definition) is 3. The molecule has 1 aromatic heterocycles. The lowest BCUT2D eigenvalue weighted by atomic mass is 9.92. The van der Waals surface area contributed by atoms with Crippen molar-refractivity contribution in [2.45, 2.75) is 12.8 Å². The van der Waals surface area contributed by atoms with Crippen molar-refractivity contribution in [1.29, 1.82) is 0 Å². The van der Waals surface area contributed by atoms with Gasteiger partial charge in [-0.05, 0) is 18.6 Å². The summed E-state index contributed by atoms with van der Waals surface area (Å²) in [6.07, 6.45) is 1.61. The van der Waals surface area contributed by atoms with E-state index in [1.165, 1.54) is 0 Å². The highest BCUT2D eigenvalue weighted by Gasteiger charge is 2.36. The number of furan rings is 1. The fraction of sp³-hybridized carbons (Fsp3) is 0.500. The predicted octanol–water partition coefficient (Wildman–Crippen LogP) is 0.976. The summed E-state index contributed by atoms with van der Waals surface area (Å²) in [7, 11) is 0. The van der Waals surface area contributed by atoms with Gasteiger partial charge in [-0.15, -0.1) is 0 Å². The molecule has 0 radical (unpaired) electrons. The number of hydrogen-bond donors (Lipinski definition) is 2. The van der Waals surface area contributed by atoms with E-state index in [0.29, 0.717) is 13.1 Å². The van der Waals surface area contributed by atoms with Crippen LogP contribution in [-0.4, -0.2) is 24.2 Å². The predicted molar refractivity (Wildman–Crippen MR) is 50.2 cm³/mol. The zero-order valence-electron chi connectivity index (χ0n) is 7.99. The van der Waals surface area contributed by atoms with E-state index in [1.807, 2.05) is 13.0 Å². The Kier molecular flexibility index (Phi) is 2.29. The van der Waals surface area contributed by atoms with Gasteiger partial charge in [0.25, 0.3) is 0 Å². The molecule has 1 aromatic rings. The summed E-state index contributed by atoms with van der Waals surface area (Å²) >= 11 is 0. The van der Waals surface area contributed by atoms with Gasteiger partial charge in [0, 0.05) is 19.0 Å².